The van der Waals surface area contributed by atoms with Gasteiger partial charge in [0.25, 0.3) is 0 Å². The first-order chi connectivity index (χ1) is 10.8. The number of rotatable bonds is 7. The van der Waals surface area contributed by atoms with Gasteiger partial charge in [-0.3, -0.25) is 5.10 Å². The highest BCUT2D eigenvalue weighted by Gasteiger charge is 2.21. The van der Waals surface area contributed by atoms with Crippen LogP contribution in [0.25, 0.3) is 0 Å². The lowest BCUT2D eigenvalue weighted by Gasteiger charge is -2.10. The molecule has 1 aromatic heterocycles. The van der Waals surface area contributed by atoms with Crippen LogP contribution in [0.15, 0.2) is 29.2 Å². The van der Waals surface area contributed by atoms with E-state index in [1.54, 1.807) is 13.8 Å². The van der Waals surface area contributed by atoms with Crippen molar-refractivity contribution < 1.29 is 13.2 Å². The summed E-state index contributed by atoms with van der Waals surface area (Å²) in [7, 11) is -3.57. The minimum absolute atomic E-state index is 0.193. The Morgan fingerprint density at radius 3 is 2.39 bits per heavy atom. The minimum atomic E-state index is -3.57. The van der Waals surface area contributed by atoms with Crippen LogP contribution in [0.2, 0.25) is 0 Å². The largest absolute Gasteiger partial charge is 0.492 e. The number of hydrogen-bond donors (Lipinski definition) is 2. The van der Waals surface area contributed by atoms with Crippen LogP contribution in [0.4, 0.5) is 0 Å². The van der Waals surface area contributed by atoms with E-state index in [-0.39, 0.29) is 18.0 Å². The molecule has 0 bridgehead atoms. The Bertz CT molecular complexity index is 730. The van der Waals surface area contributed by atoms with Gasteiger partial charge in [0, 0.05) is 6.54 Å². The lowest BCUT2D eigenvalue weighted by atomic mass is 10.0. The summed E-state index contributed by atoms with van der Waals surface area (Å²) < 4.78 is 32.6. The maximum Gasteiger partial charge on any atom is 0.244 e. The number of nitrogens with zero attached hydrogens (tertiary/aromatic N) is 1. The molecule has 0 saturated carbocycles. The van der Waals surface area contributed by atoms with Crippen molar-refractivity contribution in [3.05, 3.63) is 41.2 Å². The van der Waals surface area contributed by atoms with Crippen LogP contribution in [-0.4, -0.2) is 31.8 Å². The van der Waals surface area contributed by atoms with Crippen molar-refractivity contribution in [2.45, 2.75) is 38.5 Å². The molecule has 0 aliphatic rings. The molecule has 0 radical (unpaired) electrons. The van der Waals surface area contributed by atoms with Crippen molar-refractivity contribution in [1.29, 1.82) is 0 Å². The molecule has 0 atom stereocenters. The van der Waals surface area contributed by atoms with Gasteiger partial charge in [0.15, 0.2) is 0 Å². The van der Waals surface area contributed by atoms with E-state index in [1.165, 1.54) is 5.56 Å². The third-order valence-corrected chi connectivity index (χ3v) is 5.26. The highest BCUT2D eigenvalue weighted by molar-refractivity contribution is 7.89. The van der Waals surface area contributed by atoms with Gasteiger partial charge in [-0.05, 0) is 37.5 Å². The summed E-state index contributed by atoms with van der Waals surface area (Å²) in [6, 6.07) is 7.83. The van der Waals surface area contributed by atoms with Crippen LogP contribution in [0.5, 0.6) is 5.75 Å². The molecule has 126 valence electrons. The van der Waals surface area contributed by atoms with Crippen molar-refractivity contribution in [3.63, 3.8) is 0 Å². The lowest BCUT2D eigenvalue weighted by Crippen LogP contribution is -2.29. The topological polar surface area (TPSA) is 84.1 Å². The highest BCUT2D eigenvalue weighted by atomic mass is 32.2. The van der Waals surface area contributed by atoms with E-state index < -0.39 is 10.0 Å². The van der Waals surface area contributed by atoms with E-state index in [0.717, 1.165) is 5.75 Å². The Balaban J connectivity index is 1.88. The zero-order chi connectivity index (χ0) is 17.0. The minimum Gasteiger partial charge on any atom is -0.492 e. The van der Waals surface area contributed by atoms with Crippen molar-refractivity contribution >= 4 is 10.0 Å². The van der Waals surface area contributed by atoms with Crippen LogP contribution >= 0.6 is 0 Å². The van der Waals surface area contributed by atoms with Crippen LogP contribution in [0, 0.1) is 13.8 Å². The van der Waals surface area contributed by atoms with E-state index in [1.807, 2.05) is 24.3 Å². The maximum absolute atomic E-state index is 12.2. The van der Waals surface area contributed by atoms with Gasteiger partial charge in [0.2, 0.25) is 10.0 Å². The van der Waals surface area contributed by atoms with Crippen LogP contribution in [-0.2, 0) is 10.0 Å². The first-order valence-corrected chi connectivity index (χ1v) is 9.03. The molecule has 0 amide bonds. The smallest absolute Gasteiger partial charge is 0.244 e. The number of hydrogen-bond acceptors (Lipinski definition) is 4. The Morgan fingerprint density at radius 2 is 1.87 bits per heavy atom. The summed E-state index contributed by atoms with van der Waals surface area (Å²) in [6.45, 7) is 8.05. The van der Waals surface area contributed by atoms with Crippen LogP contribution in [0.1, 0.15) is 36.7 Å². The number of aromatic nitrogens is 2. The van der Waals surface area contributed by atoms with Crippen LogP contribution < -0.4 is 9.46 Å². The fourth-order valence-corrected chi connectivity index (χ4v) is 3.68. The third-order valence-electron chi connectivity index (χ3n) is 3.54. The second-order valence-electron chi connectivity index (χ2n) is 5.73. The average molecular weight is 337 g/mol. The quantitative estimate of drug-likeness (QED) is 0.760. The molecule has 2 aromatic rings. The highest BCUT2D eigenvalue weighted by Crippen LogP contribution is 2.19. The van der Waals surface area contributed by atoms with E-state index in [2.05, 4.69) is 28.8 Å². The van der Waals surface area contributed by atoms with Gasteiger partial charge in [-0.15, -0.1) is 0 Å². The number of nitrogens with one attached hydrogen (secondary N) is 2. The number of aryl methyl sites for hydroxylation is 2. The number of H-pyrrole nitrogens is 1. The fourth-order valence-electron chi connectivity index (χ4n) is 2.30. The molecule has 2 rings (SSSR count). The molecular formula is C16H23N3O3S. The van der Waals surface area contributed by atoms with Crippen molar-refractivity contribution in [3.8, 4) is 5.75 Å². The zero-order valence-corrected chi connectivity index (χ0v) is 14.7. The molecule has 23 heavy (non-hydrogen) atoms. The number of benzene rings is 1. The molecule has 6 nitrogen and oxygen atoms in total. The van der Waals surface area contributed by atoms with Gasteiger partial charge in [-0.1, -0.05) is 26.0 Å². The Hall–Kier alpha value is -1.86. The molecule has 0 aliphatic carbocycles. The van der Waals surface area contributed by atoms with Crippen molar-refractivity contribution in [2.75, 3.05) is 13.2 Å². The molecular weight excluding hydrogens is 314 g/mol. The molecule has 1 aromatic carbocycles. The van der Waals surface area contributed by atoms with Crippen molar-refractivity contribution in [2.24, 2.45) is 0 Å². The van der Waals surface area contributed by atoms with E-state index >= 15 is 0 Å². The first kappa shape index (κ1) is 17.5. The zero-order valence-electron chi connectivity index (χ0n) is 13.9. The van der Waals surface area contributed by atoms with Crippen LogP contribution in [0.3, 0.4) is 0 Å². The number of sulfonamides is 1. The predicted octanol–water partition coefficient (Wildman–Crippen LogP) is 2.51. The Morgan fingerprint density at radius 1 is 1.22 bits per heavy atom. The summed E-state index contributed by atoms with van der Waals surface area (Å²) in [6.07, 6.45) is 0. The van der Waals surface area contributed by atoms with Gasteiger partial charge in [0.05, 0.1) is 11.4 Å². The van der Waals surface area contributed by atoms with Gasteiger partial charge in [-0.2, -0.15) is 5.10 Å². The molecule has 0 saturated heterocycles. The monoisotopic (exact) mass is 337 g/mol. The summed E-state index contributed by atoms with van der Waals surface area (Å²) in [5.41, 5.74) is 2.23. The molecule has 1 heterocycles. The molecule has 2 N–H and O–H groups in total. The van der Waals surface area contributed by atoms with Gasteiger partial charge in [0.1, 0.15) is 17.3 Å². The number of aromatic amines is 1. The second-order valence-corrected chi connectivity index (χ2v) is 7.44. The Labute approximate surface area is 137 Å². The normalized spacial score (nSPS) is 11.9. The lowest BCUT2D eigenvalue weighted by molar-refractivity contribution is 0.322. The Kier molecular flexibility index (Phi) is 5.43. The standard InChI is InChI=1S/C16H23N3O3S/c1-11(2)14-5-7-15(8-6-14)22-10-9-17-23(20,21)16-12(3)18-19-13(16)4/h5-8,11,17H,9-10H2,1-4H3,(H,18,19). The third kappa shape index (κ3) is 4.33. The molecule has 0 unspecified atom stereocenters. The van der Waals surface area contributed by atoms with Crippen molar-refractivity contribution in [1.82, 2.24) is 14.9 Å². The van der Waals surface area contributed by atoms with E-state index in [0.29, 0.717) is 17.3 Å². The van der Waals surface area contributed by atoms with E-state index in [4.69, 9.17) is 4.74 Å². The molecule has 0 aliphatic heterocycles. The first-order valence-electron chi connectivity index (χ1n) is 7.55. The summed E-state index contributed by atoms with van der Waals surface area (Å²) in [5.74, 6) is 1.20. The van der Waals surface area contributed by atoms with Gasteiger partial charge < -0.3 is 4.74 Å². The second kappa shape index (κ2) is 7.14. The summed E-state index contributed by atoms with van der Waals surface area (Å²) >= 11 is 0. The molecule has 0 fully saturated rings. The maximum atomic E-state index is 12.2. The van der Waals surface area contributed by atoms with Gasteiger partial charge >= 0.3 is 0 Å². The van der Waals surface area contributed by atoms with E-state index in [9.17, 15) is 8.42 Å². The average Bonchev–Trinajstić information content (AvgIpc) is 2.84. The number of ether oxygens (including phenoxy) is 1. The van der Waals surface area contributed by atoms with Gasteiger partial charge in [-0.25, -0.2) is 13.1 Å². The molecule has 7 heteroatoms. The summed E-state index contributed by atoms with van der Waals surface area (Å²) in [5, 5.41) is 6.58. The fraction of sp³-hybridized carbons (Fsp3) is 0.438. The summed E-state index contributed by atoms with van der Waals surface area (Å²) in [4.78, 5) is 0.207. The SMILES string of the molecule is Cc1n[nH]c(C)c1S(=O)(=O)NCCOc1ccc(C(C)C)cc1. The predicted molar refractivity (Wildman–Crippen MR) is 89.3 cm³/mol. The molecule has 0 spiro atoms.